The summed E-state index contributed by atoms with van der Waals surface area (Å²) in [4.78, 5) is 13.8. The van der Waals surface area contributed by atoms with Crippen LogP contribution in [0.1, 0.15) is 46.0 Å². The number of Topliss-reactive ketones (excluding diaryl/α,β-unsaturated/α-hetero) is 1. The largest absolute Gasteiger partial charge is 0.371 e. The number of rotatable bonds is 1. The van der Waals surface area contributed by atoms with Gasteiger partial charge in [-0.25, -0.2) is 0 Å². The van der Waals surface area contributed by atoms with E-state index in [4.69, 9.17) is 0 Å². The van der Waals surface area contributed by atoms with Crippen molar-refractivity contribution in [3.8, 4) is 0 Å². The molecule has 2 nitrogen and oxygen atoms in total. The Balaban J connectivity index is 0.000000637. The lowest BCUT2D eigenvalue weighted by atomic mass is 9.73. The van der Waals surface area contributed by atoms with Gasteiger partial charge in [0.1, 0.15) is 5.78 Å². The highest BCUT2D eigenvalue weighted by Crippen LogP contribution is 2.43. The molecule has 0 radical (unpaired) electrons. The molecule has 0 amide bonds. The molecule has 1 aromatic rings. The van der Waals surface area contributed by atoms with Crippen LogP contribution < -0.4 is 4.90 Å². The molecule has 2 aliphatic rings. The molecule has 1 aliphatic carbocycles. The van der Waals surface area contributed by atoms with Gasteiger partial charge in [0.25, 0.3) is 0 Å². The maximum atomic E-state index is 11.3. The Labute approximate surface area is 116 Å². The van der Waals surface area contributed by atoms with Crippen LogP contribution in [0.15, 0.2) is 30.3 Å². The number of carbonyl (C=O) groups is 1. The topological polar surface area (TPSA) is 20.3 Å². The van der Waals surface area contributed by atoms with Gasteiger partial charge in [-0.05, 0) is 36.8 Å². The van der Waals surface area contributed by atoms with E-state index in [-0.39, 0.29) is 0 Å². The van der Waals surface area contributed by atoms with E-state index in [1.807, 2.05) is 13.8 Å². The van der Waals surface area contributed by atoms with Crippen LogP contribution in [0, 0.1) is 5.41 Å². The van der Waals surface area contributed by atoms with Crippen molar-refractivity contribution < 1.29 is 4.79 Å². The molecule has 0 unspecified atom stereocenters. The van der Waals surface area contributed by atoms with E-state index in [0.717, 1.165) is 38.8 Å². The molecule has 1 heterocycles. The number of hydrogen-bond acceptors (Lipinski definition) is 2. The third-order valence-corrected chi connectivity index (χ3v) is 4.43. The van der Waals surface area contributed by atoms with Gasteiger partial charge in [-0.3, -0.25) is 4.79 Å². The number of nitrogens with zero attached hydrogens (tertiary/aromatic N) is 1. The Bertz CT molecular complexity index is 403. The molecule has 0 atom stereocenters. The van der Waals surface area contributed by atoms with Gasteiger partial charge < -0.3 is 4.90 Å². The first-order valence-electron chi connectivity index (χ1n) is 7.59. The minimum absolute atomic E-state index is 0.434. The number of carbonyl (C=O) groups excluding carboxylic acids is 1. The van der Waals surface area contributed by atoms with Crippen molar-refractivity contribution in [2.75, 3.05) is 18.0 Å². The van der Waals surface area contributed by atoms with Crippen molar-refractivity contribution in [2.24, 2.45) is 5.41 Å². The lowest BCUT2D eigenvalue weighted by molar-refractivity contribution is -0.122. The minimum atomic E-state index is 0.434. The molecule has 1 saturated heterocycles. The molecule has 19 heavy (non-hydrogen) atoms. The zero-order chi connectivity index (χ0) is 13.7. The van der Waals surface area contributed by atoms with Crippen LogP contribution in [0.25, 0.3) is 0 Å². The highest BCUT2D eigenvalue weighted by Gasteiger charge is 2.40. The quantitative estimate of drug-likeness (QED) is 0.758. The van der Waals surface area contributed by atoms with Gasteiger partial charge in [-0.1, -0.05) is 32.0 Å². The van der Waals surface area contributed by atoms with Gasteiger partial charge in [0.2, 0.25) is 0 Å². The van der Waals surface area contributed by atoms with E-state index < -0.39 is 0 Å². The summed E-state index contributed by atoms with van der Waals surface area (Å²) in [6, 6.07) is 10.6. The first-order valence-corrected chi connectivity index (χ1v) is 7.59. The summed E-state index contributed by atoms with van der Waals surface area (Å²) in [5, 5.41) is 0. The molecule has 0 aromatic heterocycles. The van der Waals surface area contributed by atoms with Gasteiger partial charge in [0.15, 0.2) is 0 Å². The maximum Gasteiger partial charge on any atom is 0.132 e. The Kier molecular flexibility index (Phi) is 4.62. The summed E-state index contributed by atoms with van der Waals surface area (Å²) in [6.07, 6.45) is 5.09. The smallest absolute Gasteiger partial charge is 0.132 e. The fraction of sp³-hybridized carbons (Fsp3) is 0.588. The van der Waals surface area contributed by atoms with E-state index in [2.05, 4.69) is 35.2 Å². The lowest BCUT2D eigenvalue weighted by Gasteiger charge is -2.32. The number of anilines is 1. The number of para-hydroxylation sites is 1. The second-order valence-corrected chi connectivity index (χ2v) is 5.55. The Morgan fingerprint density at radius 2 is 1.63 bits per heavy atom. The first kappa shape index (κ1) is 14.1. The van der Waals surface area contributed by atoms with Gasteiger partial charge in [0, 0.05) is 31.6 Å². The molecule has 1 aliphatic heterocycles. The summed E-state index contributed by atoms with van der Waals surface area (Å²) in [6.45, 7) is 6.29. The normalized spacial score (nSPS) is 21.2. The molecule has 104 valence electrons. The van der Waals surface area contributed by atoms with Crippen molar-refractivity contribution in [3.05, 3.63) is 30.3 Å². The predicted molar refractivity (Wildman–Crippen MR) is 80.5 cm³/mol. The monoisotopic (exact) mass is 259 g/mol. The molecule has 3 rings (SSSR count). The Morgan fingerprint density at radius 1 is 1.00 bits per heavy atom. The lowest BCUT2D eigenvalue weighted by Crippen LogP contribution is -2.31. The molecule has 2 heteroatoms. The fourth-order valence-corrected chi connectivity index (χ4v) is 3.26. The summed E-state index contributed by atoms with van der Waals surface area (Å²) < 4.78 is 0. The summed E-state index contributed by atoms with van der Waals surface area (Å²) in [5.74, 6) is 0.466. The number of benzene rings is 1. The predicted octanol–water partition coefficient (Wildman–Crippen LogP) is 4.05. The third-order valence-electron chi connectivity index (χ3n) is 4.43. The fourth-order valence-electron chi connectivity index (χ4n) is 3.26. The second kappa shape index (κ2) is 6.23. The van der Waals surface area contributed by atoms with Gasteiger partial charge >= 0.3 is 0 Å². The van der Waals surface area contributed by atoms with Crippen molar-refractivity contribution >= 4 is 11.5 Å². The number of hydrogen-bond donors (Lipinski definition) is 0. The minimum Gasteiger partial charge on any atom is -0.371 e. The van der Waals surface area contributed by atoms with E-state index in [1.165, 1.54) is 12.1 Å². The second-order valence-electron chi connectivity index (χ2n) is 5.55. The average molecular weight is 259 g/mol. The van der Waals surface area contributed by atoms with Crippen LogP contribution in [0.4, 0.5) is 5.69 Å². The van der Waals surface area contributed by atoms with E-state index in [1.54, 1.807) is 0 Å². The zero-order valence-electron chi connectivity index (χ0n) is 12.2. The molecule has 1 spiro atoms. The molecular formula is C17H25NO. The van der Waals surface area contributed by atoms with Crippen LogP contribution in [0.5, 0.6) is 0 Å². The third kappa shape index (κ3) is 3.17. The van der Waals surface area contributed by atoms with Gasteiger partial charge in [0.05, 0.1) is 0 Å². The molecular weight excluding hydrogens is 234 g/mol. The average Bonchev–Trinajstić information content (AvgIpc) is 2.90. The van der Waals surface area contributed by atoms with Crippen molar-refractivity contribution in [1.82, 2.24) is 0 Å². The molecule has 1 saturated carbocycles. The summed E-state index contributed by atoms with van der Waals surface area (Å²) in [5.41, 5.74) is 1.77. The molecule has 0 N–H and O–H groups in total. The van der Waals surface area contributed by atoms with Crippen LogP contribution in [-0.4, -0.2) is 18.9 Å². The van der Waals surface area contributed by atoms with E-state index in [0.29, 0.717) is 11.2 Å². The van der Waals surface area contributed by atoms with Crippen LogP contribution in [0.2, 0.25) is 0 Å². The summed E-state index contributed by atoms with van der Waals surface area (Å²) in [7, 11) is 0. The maximum absolute atomic E-state index is 11.3. The Morgan fingerprint density at radius 3 is 2.26 bits per heavy atom. The van der Waals surface area contributed by atoms with Gasteiger partial charge in [-0.2, -0.15) is 0 Å². The van der Waals surface area contributed by atoms with Gasteiger partial charge in [-0.15, -0.1) is 0 Å². The van der Waals surface area contributed by atoms with Crippen LogP contribution in [-0.2, 0) is 4.79 Å². The van der Waals surface area contributed by atoms with E-state index in [9.17, 15) is 4.79 Å². The van der Waals surface area contributed by atoms with Crippen molar-refractivity contribution in [2.45, 2.75) is 46.0 Å². The summed E-state index contributed by atoms with van der Waals surface area (Å²) >= 11 is 0. The molecule has 1 aromatic carbocycles. The highest BCUT2D eigenvalue weighted by molar-refractivity contribution is 5.79. The van der Waals surface area contributed by atoms with Crippen molar-refractivity contribution in [1.29, 1.82) is 0 Å². The van der Waals surface area contributed by atoms with Crippen LogP contribution in [0.3, 0.4) is 0 Å². The first-order chi connectivity index (χ1) is 9.27. The highest BCUT2D eigenvalue weighted by atomic mass is 16.1. The Hall–Kier alpha value is -1.31. The standard InChI is InChI=1S/C15H19NO.C2H6/c17-14-6-8-15(9-7-14)10-11-16(12-15)13-4-2-1-3-5-13;1-2/h1-5H,6-12H2;1-2H3. The van der Waals surface area contributed by atoms with E-state index >= 15 is 0 Å². The van der Waals surface area contributed by atoms with Crippen LogP contribution >= 0.6 is 0 Å². The SMILES string of the molecule is CC.O=C1CCC2(CC1)CCN(c1ccccc1)C2. The molecule has 0 bridgehead atoms. The van der Waals surface area contributed by atoms with Crippen molar-refractivity contribution in [3.63, 3.8) is 0 Å². The number of ketones is 1. The zero-order valence-corrected chi connectivity index (χ0v) is 12.2. The molecule has 2 fully saturated rings.